The molecule has 1 radical (unpaired) electrons. The third-order valence-corrected chi connectivity index (χ3v) is 1.13. The van der Waals surface area contributed by atoms with Gasteiger partial charge in [0.25, 0.3) is 0 Å². The van der Waals surface area contributed by atoms with Crippen LogP contribution in [-0.2, 0) is 36.6 Å². The molecule has 1 atom stereocenters. The quantitative estimate of drug-likeness (QED) is 0.188. The number of phosphoric acid groups is 1. The van der Waals surface area contributed by atoms with Gasteiger partial charge in [0.1, 0.15) is 6.10 Å². The fourth-order valence-corrected chi connectivity index (χ4v) is 0.602. The minimum Gasteiger partial charge on any atom is -0.394 e. The van der Waals surface area contributed by atoms with Crippen molar-refractivity contribution in [2.45, 2.75) is 6.10 Å². The normalized spacial score (nSPS) is 13.1. The minimum atomic E-state index is -4.67. The van der Waals surface area contributed by atoms with Crippen molar-refractivity contribution in [1.82, 2.24) is 0 Å². The van der Waals surface area contributed by atoms with E-state index in [0.29, 0.717) is 0 Å². The van der Waals surface area contributed by atoms with Gasteiger partial charge in [-0.2, -0.15) is 8.42 Å². The van der Waals surface area contributed by atoms with Gasteiger partial charge in [-0.15, -0.1) is 0 Å². The van der Waals surface area contributed by atoms with Crippen molar-refractivity contribution in [2.75, 3.05) is 13.2 Å². The molecule has 0 amide bonds. The molecule has 0 aliphatic carbocycles. The van der Waals surface area contributed by atoms with Crippen LogP contribution >= 0.6 is 7.82 Å². The zero-order valence-electron chi connectivity index (χ0n) is 7.54. The standard InChI is InChI=1S/C3H9O6P.Mn.H2O4S/c4-1-3(5)2-9-10(6,7)8;;1-5(2,3)4/h3-5H,1-2H2,(H2,6,7,8);;(H2,1,2,3,4). The van der Waals surface area contributed by atoms with Gasteiger partial charge in [-0.25, -0.2) is 4.57 Å². The Kier molecular flexibility index (Phi) is 12.8. The van der Waals surface area contributed by atoms with E-state index in [1.54, 1.807) is 0 Å². The Morgan fingerprint density at radius 3 is 1.75 bits per heavy atom. The van der Waals surface area contributed by atoms with E-state index in [1.807, 2.05) is 0 Å². The van der Waals surface area contributed by atoms with Crippen LogP contribution in [-0.4, -0.2) is 56.8 Å². The van der Waals surface area contributed by atoms with Crippen LogP contribution in [0.5, 0.6) is 0 Å². The van der Waals surface area contributed by atoms with Gasteiger partial charge in [0.15, 0.2) is 0 Å². The van der Waals surface area contributed by atoms with E-state index in [9.17, 15) is 4.57 Å². The molecule has 0 heterocycles. The summed E-state index contributed by atoms with van der Waals surface area (Å²) in [5.41, 5.74) is 0. The van der Waals surface area contributed by atoms with E-state index in [1.165, 1.54) is 0 Å². The van der Waals surface area contributed by atoms with Gasteiger partial charge in [0, 0.05) is 17.1 Å². The maximum atomic E-state index is 9.93. The summed E-state index contributed by atoms with van der Waals surface area (Å²) in [5.74, 6) is 0. The number of hydrogen-bond acceptors (Lipinski definition) is 6. The number of rotatable bonds is 4. The van der Waals surface area contributed by atoms with Gasteiger partial charge in [0.05, 0.1) is 13.2 Å². The van der Waals surface area contributed by atoms with Crippen molar-refractivity contribution in [3.63, 3.8) is 0 Å². The molecule has 10 nitrogen and oxygen atoms in total. The second kappa shape index (κ2) is 9.45. The fourth-order valence-electron chi connectivity index (χ4n) is 0.236. The van der Waals surface area contributed by atoms with E-state index in [2.05, 4.69) is 4.52 Å². The molecule has 0 aromatic carbocycles. The molecule has 0 aromatic heterocycles. The second-order valence-electron chi connectivity index (χ2n) is 2.07. The summed E-state index contributed by atoms with van der Waals surface area (Å²) in [7, 11) is -9.17. The van der Waals surface area contributed by atoms with Crippen LogP contribution in [0.2, 0.25) is 0 Å². The van der Waals surface area contributed by atoms with Crippen molar-refractivity contribution < 1.29 is 63.7 Å². The van der Waals surface area contributed by atoms with Crippen LogP contribution in [0.15, 0.2) is 0 Å². The minimum absolute atomic E-state index is 0. The number of aliphatic hydroxyl groups excluding tert-OH is 2. The van der Waals surface area contributed by atoms with Gasteiger partial charge < -0.3 is 20.0 Å². The van der Waals surface area contributed by atoms with E-state index < -0.39 is 37.5 Å². The number of hydrogen-bond donors (Lipinski definition) is 6. The molecule has 0 saturated carbocycles. The van der Waals surface area contributed by atoms with Crippen molar-refractivity contribution in [3.8, 4) is 0 Å². The van der Waals surface area contributed by atoms with E-state index in [4.69, 9.17) is 37.5 Å². The molecule has 6 N–H and O–H groups in total. The van der Waals surface area contributed by atoms with Crippen LogP contribution in [0.1, 0.15) is 0 Å². The molecule has 0 aliphatic rings. The average molecular weight is 325 g/mol. The summed E-state index contributed by atoms with van der Waals surface area (Å²) in [4.78, 5) is 16.1. The van der Waals surface area contributed by atoms with Crippen molar-refractivity contribution in [2.24, 2.45) is 0 Å². The summed E-state index contributed by atoms with van der Waals surface area (Å²) < 4.78 is 45.4. The Balaban J connectivity index is -0.000000242. The summed E-state index contributed by atoms with van der Waals surface area (Å²) >= 11 is 0. The van der Waals surface area contributed by atoms with Crippen LogP contribution in [0.4, 0.5) is 0 Å². The Morgan fingerprint density at radius 1 is 1.25 bits per heavy atom. The fraction of sp³-hybridized carbons (Fsp3) is 1.00. The Morgan fingerprint density at radius 2 is 1.56 bits per heavy atom. The Hall–Kier alpha value is 0.419. The van der Waals surface area contributed by atoms with Crippen molar-refractivity contribution >= 4 is 18.2 Å². The summed E-state index contributed by atoms with van der Waals surface area (Å²) in [6.07, 6.45) is -1.24. The van der Waals surface area contributed by atoms with Gasteiger partial charge in [-0.1, -0.05) is 0 Å². The zero-order chi connectivity index (χ0) is 12.7. The van der Waals surface area contributed by atoms with Gasteiger partial charge in [0.2, 0.25) is 0 Å². The molecule has 0 aliphatic heterocycles. The van der Waals surface area contributed by atoms with Crippen LogP contribution in [0, 0.1) is 0 Å². The van der Waals surface area contributed by atoms with E-state index in [-0.39, 0.29) is 17.1 Å². The SMILES string of the molecule is O=P(O)(O)OCC(O)CO.O=S(=O)(O)O.[Mn]. The molecule has 13 heteroatoms. The molecule has 0 aromatic rings. The Labute approximate surface area is 102 Å². The van der Waals surface area contributed by atoms with Crippen LogP contribution in [0.25, 0.3) is 0 Å². The van der Waals surface area contributed by atoms with Crippen LogP contribution in [0.3, 0.4) is 0 Å². The number of phosphoric ester groups is 1. The summed E-state index contributed by atoms with van der Waals surface area (Å²) in [6.45, 7) is -1.15. The molecule has 0 saturated heterocycles. The molecule has 0 spiro atoms. The van der Waals surface area contributed by atoms with E-state index in [0.717, 1.165) is 0 Å². The first-order valence-electron chi connectivity index (χ1n) is 3.14. The summed E-state index contributed by atoms with van der Waals surface area (Å²) in [6, 6.07) is 0. The monoisotopic (exact) mass is 325 g/mol. The van der Waals surface area contributed by atoms with Gasteiger partial charge >= 0.3 is 18.2 Å². The average Bonchev–Trinajstić information content (AvgIpc) is 1.95. The molecule has 101 valence electrons. The number of aliphatic hydroxyl groups is 2. The van der Waals surface area contributed by atoms with E-state index >= 15 is 0 Å². The third-order valence-electron chi connectivity index (χ3n) is 0.646. The molecular weight excluding hydrogens is 314 g/mol. The van der Waals surface area contributed by atoms with Gasteiger partial charge in [-0.3, -0.25) is 13.6 Å². The second-order valence-corrected chi connectivity index (χ2v) is 4.21. The largest absolute Gasteiger partial charge is 0.469 e. The van der Waals surface area contributed by atoms with Crippen LogP contribution < -0.4 is 0 Å². The predicted octanol–water partition coefficient (Wildman–Crippen LogP) is -2.21. The first-order chi connectivity index (χ1) is 6.45. The summed E-state index contributed by atoms with van der Waals surface area (Å²) in [5, 5.41) is 16.7. The molecule has 0 fully saturated rings. The van der Waals surface area contributed by atoms with Crippen molar-refractivity contribution in [1.29, 1.82) is 0 Å². The third kappa shape index (κ3) is 36.6. The predicted molar refractivity (Wildman–Crippen MR) is 45.3 cm³/mol. The first-order valence-corrected chi connectivity index (χ1v) is 6.07. The molecular formula is C3H11MnO10PS. The molecule has 0 bridgehead atoms. The first kappa shape index (κ1) is 21.7. The van der Waals surface area contributed by atoms with Gasteiger partial charge in [-0.05, 0) is 0 Å². The molecule has 1 unspecified atom stereocenters. The molecule has 16 heavy (non-hydrogen) atoms. The Bertz CT molecular complexity index is 287. The maximum Gasteiger partial charge on any atom is 0.469 e. The molecule has 0 rings (SSSR count). The topological polar surface area (TPSA) is 182 Å². The smallest absolute Gasteiger partial charge is 0.394 e. The zero-order valence-corrected chi connectivity index (χ0v) is 10.4. The maximum absolute atomic E-state index is 9.93. The van der Waals surface area contributed by atoms with Crippen molar-refractivity contribution in [3.05, 3.63) is 0 Å².